The highest BCUT2D eigenvalue weighted by Gasteiger charge is 2.37. The summed E-state index contributed by atoms with van der Waals surface area (Å²) < 4.78 is 9.52. The lowest BCUT2D eigenvalue weighted by atomic mass is 10.1. The van der Waals surface area contributed by atoms with E-state index in [1.807, 2.05) is 0 Å². The van der Waals surface area contributed by atoms with E-state index in [-0.39, 0.29) is 6.61 Å². The van der Waals surface area contributed by atoms with E-state index in [2.05, 4.69) is 4.74 Å². The van der Waals surface area contributed by atoms with E-state index in [9.17, 15) is 0 Å². The predicted octanol–water partition coefficient (Wildman–Crippen LogP) is -1.93. The molecule has 1 aliphatic heterocycles. The second-order valence-corrected chi connectivity index (χ2v) is 2.49. The molecule has 0 aliphatic carbocycles. The molecule has 1 rings (SSSR count). The van der Waals surface area contributed by atoms with Crippen molar-refractivity contribution in [3.63, 3.8) is 0 Å². The molecule has 0 aromatic heterocycles. The normalized spacial score (nSPS) is 45.8. The molecule has 5 heteroatoms. The van der Waals surface area contributed by atoms with E-state index >= 15 is 0 Å². The van der Waals surface area contributed by atoms with E-state index in [0.717, 1.165) is 0 Å². The van der Waals surface area contributed by atoms with Crippen LogP contribution in [-0.4, -0.2) is 53.6 Å². The van der Waals surface area contributed by atoms with Crippen molar-refractivity contribution in [1.29, 1.82) is 0 Å². The molecule has 0 saturated carbocycles. The zero-order valence-corrected chi connectivity index (χ0v) is 6.17. The third-order valence-electron chi connectivity index (χ3n) is 1.69. The first kappa shape index (κ1) is 8.89. The van der Waals surface area contributed by atoms with Gasteiger partial charge in [-0.1, -0.05) is 0 Å². The van der Waals surface area contributed by atoms with Crippen LogP contribution in [0, 0.1) is 0 Å². The van der Waals surface area contributed by atoms with E-state index in [1.54, 1.807) is 0 Å². The molecule has 1 aliphatic rings. The van der Waals surface area contributed by atoms with Gasteiger partial charge in [0.1, 0.15) is 18.3 Å². The Morgan fingerprint density at radius 3 is 2.45 bits per heavy atom. The van der Waals surface area contributed by atoms with Crippen LogP contribution in [0.1, 0.15) is 0 Å². The Kier molecular flexibility index (Phi) is 2.80. The summed E-state index contributed by atoms with van der Waals surface area (Å²) in [5.74, 6) is 0. The minimum Gasteiger partial charge on any atom is -0.388 e. The molecule has 1 unspecified atom stereocenters. The van der Waals surface area contributed by atoms with Gasteiger partial charge < -0.3 is 24.8 Å². The number of rotatable bonds is 1. The number of aliphatic hydroxyl groups excluding tert-OH is 3. The fourth-order valence-electron chi connectivity index (χ4n) is 0.987. The molecule has 0 spiro atoms. The molecule has 0 radical (unpaired) electrons. The average molecular weight is 164 g/mol. The Morgan fingerprint density at radius 2 is 1.91 bits per heavy atom. The van der Waals surface area contributed by atoms with E-state index in [0.29, 0.717) is 0 Å². The summed E-state index contributed by atoms with van der Waals surface area (Å²) in [6.45, 7) is -0.0171. The van der Waals surface area contributed by atoms with Crippen molar-refractivity contribution in [2.24, 2.45) is 0 Å². The van der Waals surface area contributed by atoms with Crippen LogP contribution >= 0.6 is 0 Å². The van der Waals surface area contributed by atoms with Crippen LogP contribution in [0.25, 0.3) is 0 Å². The molecule has 0 bridgehead atoms. The molecule has 5 nitrogen and oxygen atoms in total. The summed E-state index contributed by atoms with van der Waals surface area (Å²) in [6, 6.07) is 0. The molecule has 11 heavy (non-hydrogen) atoms. The van der Waals surface area contributed by atoms with Crippen molar-refractivity contribution in [3.05, 3.63) is 0 Å². The Balaban J connectivity index is 2.52. The van der Waals surface area contributed by atoms with Crippen LogP contribution in [-0.2, 0) is 9.47 Å². The van der Waals surface area contributed by atoms with Crippen molar-refractivity contribution in [1.82, 2.24) is 0 Å². The SMILES string of the molecule is CO[C@H]1OC[C@@H](O)[C@H](O)C1O. The van der Waals surface area contributed by atoms with E-state index in [4.69, 9.17) is 20.1 Å². The van der Waals surface area contributed by atoms with Gasteiger partial charge in [-0.05, 0) is 0 Å². The van der Waals surface area contributed by atoms with Crippen LogP contribution in [0.2, 0.25) is 0 Å². The van der Waals surface area contributed by atoms with Gasteiger partial charge in [0.25, 0.3) is 0 Å². The van der Waals surface area contributed by atoms with Crippen molar-refractivity contribution in [2.75, 3.05) is 13.7 Å². The maximum absolute atomic E-state index is 9.15. The number of hydrogen-bond donors (Lipinski definition) is 3. The highest BCUT2D eigenvalue weighted by molar-refractivity contribution is 4.81. The molecule has 0 amide bonds. The van der Waals surface area contributed by atoms with Crippen LogP contribution in [0.5, 0.6) is 0 Å². The largest absolute Gasteiger partial charge is 0.388 e. The first-order valence-electron chi connectivity index (χ1n) is 3.35. The lowest BCUT2D eigenvalue weighted by Crippen LogP contribution is -2.53. The summed E-state index contributed by atoms with van der Waals surface area (Å²) in [5.41, 5.74) is 0. The predicted molar refractivity (Wildman–Crippen MR) is 34.8 cm³/mol. The van der Waals surface area contributed by atoms with Crippen molar-refractivity contribution in [3.8, 4) is 0 Å². The number of ether oxygens (including phenoxy) is 2. The van der Waals surface area contributed by atoms with Crippen LogP contribution in [0.4, 0.5) is 0 Å². The second-order valence-electron chi connectivity index (χ2n) is 2.49. The molecule has 1 saturated heterocycles. The molecule has 66 valence electrons. The molecule has 0 aromatic rings. The molecular weight excluding hydrogens is 152 g/mol. The monoisotopic (exact) mass is 164 g/mol. The average Bonchev–Trinajstić information content (AvgIpc) is 2.01. The number of hydrogen-bond acceptors (Lipinski definition) is 5. The van der Waals surface area contributed by atoms with E-state index < -0.39 is 24.6 Å². The number of methoxy groups -OCH3 is 1. The van der Waals surface area contributed by atoms with Gasteiger partial charge in [-0.15, -0.1) is 0 Å². The maximum atomic E-state index is 9.15. The Bertz CT molecular complexity index is 126. The summed E-state index contributed by atoms with van der Waals surface area (Å²) >= 11 is 0. The maximum Gasteiger partial charge on any atom is 0.185 e. The molecule has 0 aromatic carbocycles. The van der Waals surface area contributed by atoms with Crippen LogP contribution in [0.3, 0.4) is 0 Å². The van der Waals surface area contributed by atoms with Gasteiger partial charge in [0.15, 0.2) is 6.29 Å². The smallest absolute Gasteiger partial charge is 0.185 e. The minimum atomic E-state index is -1.19. The summed E-state index contributed by atoms with van der Waals surface area (Å²) in [7, 11) is 1.36. The summed E-state index contributed by atoms with van der Waals surface area (Å²) in [4.78, 5) is 0. The van der Waals surface area contributed by atoms with Crippen molar-refractivity contribution in [2.45, 2.75) is 24.6 Å². The summed E-state index contributed by atoms with van der Waals surface area (Å²) in [6.07, 6.45) is -4.23. The van der Waals surface area contributed by atoms with Gasteiger partial charge >= 0.3 is 0 Å². The van der Waals surface area contributed by atoms with Gasteiger partial charge in [-0.25, -0.2) is 0 Å². The van der Waals surface area contributed by atoms with Gasteiger partial charge in [-0.2, -0.15) is 0 Å². The third kappa shape index (κ3) is 1.69. The first-order chi connectivity index (χ1) is 5.16. The van der Waals surface area contributed by atoms with Crippen molar-refractivity contribution >= 4 is 0 Å². The quantitative estimate of drug-likeness (QED) is 0.420. The van der Waals surface area contributed by atoms with E-state index in [1.165, 1.54) is 7.11 Å². The molecule has 3 N–H and O–H groups in total. The highest BCUT2D eigenvalue weighted by atomic mass is 16.7. The van der Waals surface area contributed by atoms with Crippen LogP contribution in [0.15, 0.2) is 0 Å². The van der Waals surface area contributed by atoms with Crippen molar-refractivity contribution < 1.29 is 24.8 Å². The molecule has 4 atom stereocenters. The number of aliphatic hydroxyl groups is 3. The molecule has 1 fully saturated rings. The molecule has 1 heterocycles. The standard InChI is InChI=1S/C6H12O5/c1-10-6-5(9)4(8)3(7)2-11-6/h3-9H,2H2,1H3/t3-,4+,5?,6+/m1/s1. The fraction of sp³-hybridized carbons (Fsp3) is 1.00. The Labute approximate surface area is 64.2 Å². The van der Waals surface area contributed by atoms with Gasteiger partial charge in [0.2, 0.25) is 0 Å². The second kappa shape index (κ2) is 3.46. The summed E-state index contributed by atoms with van der Waals surface area (Å²) in [5, 5.41) is 27.2. The molecular formula is C6H12O5. The zero-order chi connectivity index (χ0) is 8.43. The first-order valence-corrected chi connectivity index (χ1v) is 3.35. The highest BCUT2D eigenvalue weighted by Crippen LogP contribution is 2.15. The topological polar surface area (TPSA) is 79.2 Å². The van der Waals surface area contributed by atoms with Gasteiger partial charge in [0.05, 0.1) is 6.61 Å². The Hall–Kier alpha value is -0.200. The van der Waals surface area contributed by atoms with Crippen LogP contribution < -0.4 is 0 Å². The third-order valence-corrected chi connectivity index (χ3v) is 1.69. The minimum absolute atomic E-state index is 0.0171. The zero-order valence-electron chi connectivity index (χ0n) is 6.17. The Morgan fingerprint density at radius 1 is 1.27 bits per heavy atom. The van der Waals surface area contributed by atoms with Gasteiger partial charge in [-0.3, -0.25) is 0 Å². The lowest BCUT2D eigenvalue weighted by molar-refractivity contribution is -0.261. The lowest BCUT2D eigenvalue weighted by Gasteiger charge is -2.33. The fourth-order valence-corrected chi connectivity index (χ4v) is 0.987. The van der Waals surface area contributed by atoms with Gasteiger partial charge in [0, 0.05) is 7.11 Å².